The van der Waals surface area contributed by atoms with Crippen LogP contribution < -0.4 is 4.90 Å². The molecule has 1 amide bonds. The van der Waals surface area contributed by atoms with Crippen molar-refractivity contribution in [2.75, 3.05) is 11.4 Å². The van der Waals surface area contributed by atoms with Crippen LogP contribution in [0.2, 0.25) is 5.02 Å². The van der Waals surface area contributed by atoms with Crippen LogP contribution in [0.3, 0.4) is 0 Å². The summed E-state index contributed by atoms with van der Waals surface area (Å²) in [5, 5.41) is 4.59. The molecule has 2 aromatic rings. The molecule has 1 aliphatic heterocycles. The number of anilines is 1. The van der Waals surface area contributed by atoms with E-state index in [2.05, 4.69) is 5.10 Å². The Hall–Kier alpha value is -2.14. The van der Waals surface area contributed by atoms with E-state index in [1.54, 1.807) is 29.1 Å². The molecule has 1 aromatic heterocycles. The summed E-state index contributed by atoms with van der Waals surface area (Å²) in [6, 6.07) is 4.88. The van der Waals surface area contributed by atoms with Crippen LogP contribution >= 0.6 is 11.6 Å². The van der Waals surface area contributed by atoms with E-state index in [4.69, 9.17) is 11.6 Å². The average Bonchev–Trinajstić information content (AvgIpc) is 2.92. The van der Waals surface area contributed by atoms with Crippen molar-refractivity contribution in [3.8, 4) is 0 Å². The second-order valence-electron chi connectivity index (χ2n) is 4.72. The van der Waals surface area contributed by atoms with Crippen LogP contribution in [0.5, 0.6) is 0 Å². The van der Waals surface area contributed by atoms with Gasteiger partial charge in [0.1, 0.15) is 0 Å². The Morgan fingerprint density at radius 1 is 1.30 bits per heavy atom. The Labute approximate surface area is 120 Å². The van der Waals surface area contributed by atoms with Crippen molar-refractivity contribution < 1.29 is 9.59 Å². The first-order valence-corrected chi connectivity index (χ1v) is 6.57. The van der Waals surface area contributed by atoms with Crippen LogP contribution in [-0.2, 0) is 18.3 Å². The third kappa shape index (κ3) is 2.10. The third-order valence-corrected chi connectivity index (χ3v) is 3.55. The summed E-state index contributed by atoms with van der Waals surface area (Å²) < 4.78 is 1.71. The van der Waals surface area contributed by atoms with Gasteiger partial charge in [0.15, 0.2) is 0 Å². The number of hydrogen-bond donors (Lipinski definition) is 0. The summed E-state index contributed by atoms with van der Waals surface area (Å²) in [5.41, 5.74) is 2.03. The summed E-state index contributed by atoms with van der Waals surface area (Å²) in [6.45, 7) is 0.434. The predicted octanol–water partition coefficient (Wildman–Crippen LogP) is 1.85. The van der Waals surface area contributed by atoms with Crippen molar-refractivity contribution in [2.45, 2.75) is 6.42 Å². The molecule has 0 fully saturated rings. The molecule has 0 radical (unpaired) electrons. The largest absolute Gasteiger partial charge is 0.304 e. The summed E-state index contributed by atoms with van der Waals surface area (Å²) >= 11 is 5.94. The summed E-state index contributed by atoms with van der Waals surface area (Å²) in [6.07, 6.45) is 4.28. The van der Waals surface area contributed by atoms with E-state index in [0.717, 1.165) is 5.56 Å². The Balaban J connectivity index is 1.85. The standard InChI is InChI=1S/C14H12ClN3O2/c1-17-8-9(7-16-17)4-5-18-12-6-10(15)2-3-11(12)13(19)14(18)20/h2-3,6-8H,4-5H2,1H3. The van der Waals surface area contributed by atoms with Crippen LogP contribution in [0.25, 0.3) is 0 Å². The molecule has 0 unspecified atom stereocenters. The number of ketones is 1. The van der Waals surface area contributed by atoms with Crippen LogP contribution in [0.1, 0.15) is 15.9 Å². The Morgan fingerprint density at radius 2 is 2.10 bits per heavy atom. The lowest BCUT2D eigenvalue weighted by molar-refractivity contribution is -0.114. The summed E-state index contributed by atoms with van der Waals surface area (Å²) in [5.74, 6) is -0.964. The Kier molecular flexibility index (Phi) is 3.06. The van der Waals surface area contributed by atoms with Gasteiger partial charge in [-0.2, -0.15) is 5.10 Å². The highest BCUT2D eigenvalue weighted by atomic mass is 35.5. The highest BCUT2D eigenvalue weighted by Gasteiger charge is 2.35. The highest BCUT2D eigenvalue weighted by molar-refractivity contribution is 6.52. The van der Waals surface area contributed by atoms with Crippen LogP contribution in [0, 0.1) is 0 Å². The van der Waals surface area contributed by atoms with Gasteiger partial charge in [-0.15, -0.1) is 0 Å². The number of benzene rings is 1. The SMILES string of the molecule is Cn1cc(CCN2C(=O)C(=O)c3ccc(Cl)cc32)cn1. The molecule has 0 saturated carbocycles. The van der Waals surface area contributed by atoms with Crippen molar-refractivity contribution in [1.82, 2.24) is 9.78 Å². The number of carbonyl (C=O) groups is 2. The Bertz CT molecular complexity index is 708. The monoisotopic (exact) mass is 289 g/mol. The van der Waals surface area contributed by atoms with Gasteiger partial charge in [-0.25, -0.2) is 0 Å². The lowest BCUT2D eigenvalue weighted by Crippen LogP contribution is -2.31. The molecule has 20 heavy (non-hydrogen) atoms. The topological polar surface area (TPSA) is 55.2 Å². The average molecular weight is 290 g/mol. The Morgan fingerprint density at radius 3 is 2.80 bits per heavy atom. The molecular formula is C14H12ClN3O2. The van der Waals surface area contributed by atoms with Gasteiger partial charge in [0, 0.05) is 24.8 Å². The number of Topliss-reactive ketones (excluding diaryl/α,β-unsaturated/α-hetero) is 1. The lowest BCUT2D eigenvalue weighted by Gasteiger charge is -2.15. The molecule has 3 rings (SSSR count). The third-order valence-electron chi connectivity index (χ3n) is 3.32. The predicted molar refractivity (Wildman–Crippen MR) is 75.0 cm³/mol. The first-order valence-electron chi connectivity index (χ1n) is 6.19. The zero-order chi connectivity index (χ0) is 14.3. The number of nitrogens with zero attached hydrogens (tertiary/aromatic N) is 3. The first kappa shape index (κ1) is 12.9. The van der Waals surface area contributed by atoms with Crippen LogP contribution in [0.4, 0.5) is 5.69 Å². The van der Waals surface area contributed by atoms with E-state index < -0.39 is 11.7 Å². The number of carbonyl (C=O) groups excluding carboxylic acids is 2. The molecule has 0 aliphatic carbocycles. The fraction of sp³-hybridized carbons (Fsp3) is 0.214. The molecule has 1 aromatic carbocycles. The summed E-state index contributed by atoms with van der Waals surface area (Å²) in [7, 11) is 1.84. The minimum Gasteiger partial charge on any atom is -0.304 e. The molecule has 2 heterocycles. The molecule has 0 saturated heterocycles. The van der Waals surface area contributed by atoms with Crippen molar-refractivity contribution >= 4 is 29.0 Å². The van der Waals surface area contributed by atoms with Gasteiger partial charge in [0.05, 0.1) is 17.4 Å². The molecule has 0 bridgehead atoms. The smallest absolute Gasteiger partial charge is 0.299 e. The van der Waals surface area contributed by atoms with E-state index in [-0.39, 0.29) is 0 Å². The minimum absolute atomic E-state index is 0.422. The molecule has 1 aliphatic rings. The molecule has 6 heteroatoms. The van der Waals surface area contributed by atoms with Crippen LogP contribution in [-0.4, -0.2) is 28.0 Å². The van der Waals surface area contributed by atoms with Gasteiger partial charge < -0.3 is 4.90 Å². The van der Waals surface area contributed by atoms with Crippen molar-refractivity contribution in [1.29, 1.82) is 0 Å². The maximum absolute atomic E-state index is 12.0. The zero-order valence-corrected chi connectivity index (χ0v) is 11.6. The normalized spacial score (nSPS) is 14.0. The van der Waals surface area contributed by atoms with Crippen molar-refractivity contribution in [3.05, 3.63) is 46.7 Å². The number of aryl methyl sites for hydroxylation is 1. The molecule has 0 spiro atoms. The van der Waals surface area contributed by atoms with Gasteiger partial charge in [-0.3, -0.25) is 14.3 Å². The van der Waals surface area contributed by atoms with E-state index >= 15 is 0 Å². The van der Waals surface area contributed by atoms with Gasteiger partial charge >= 0.3 is 0 Å². The maximum Gasteiger partial charge on any atom is 0.299 e. The van der Waals surface area contributed by atoms with Crippen molar-refractivity contribution in [2.24, 2.45) is 7.05 Å². The van der Waals surface area contributed by atoms with Gasteiger partial charge in [-0.1, -0.05) is 11.6 Å². The van der Waals surface area contributed by atoms with Gasteiger partial charge in [0.2, 0.25) is 0 Å². The first-order chi connectivity index (χ1) is 9.56. The van der Waals surface area contributed by atoms with Gasteiger partial charge in [-0.05, 0) is 30.2 Å². The molecule has 102 valence electrons. The second kappa shape index (κ2) is 4.76. The van der Waals surface area contributed by atoms with E-state index in [9.17, 15) is 9.59 Å². The maximum atomic E-state index is 12.0. The van der Waals surface area contributed by atoms with E-state index in [1.807, 2.05) is 13.2 Å². The number of halogens is 1. The number of aromatic nitrogens is 2. The second-order valence-corrected chi connectivity index (χ2v) is 5.16. The van der Waals surface area contributed by atoms with Crippen molar-refractivity contribution in [3.63, 3.8) is 0 Å². The number of amides is 1. The fourth-order valence-corrected chi connectivity index (χ4v) is 2.50. The molecule has 5 nitrogen and oxygen atoms in total. The number of rotatable bonds is 3. The number of fused-ring (bicyclic) bond motifs is 1. The van der Waals surface area contributed by atoms with E-state index in [1.165, 1.54) is 4.90 Å². The van der Waals surface area contributed by atoms with Crippen LogP contribution in [0.15, 0.2) is 30.6 Å². The number of hydrogen-bond acceptors (Lipinski definition) is 3. The quantitative estimate of drug-likeness (QED) is 0.810. The zero-order valence-electron chi connectivity index (χ0n) is 10.8. The van der Waals surface area contributed by atoms with E-state index in [0.29, 0.717) is 29.2 Å². The molecule has 0 atom stereocenters. The highest BCUT2D eigenvalue weighted by Crippen LogP contribution is 2.31. The molecular weight excluding hydrogens is 278 g/mol. The molecule has 0 N–H and O–H groups in total. The summed E-state index contributed by atoms with van der Waals surface area (Å²) in [4.78, 5) is 25.4. The van der Waals surface area contributed by atoms with Gasteiger partial charge in [0.25, 0.3) is 11.7 Å². The fourth-order valence-electron chi connectivity index (χ4n) is 2.33. The lowest BCUT2D eigenvalue weighted by atomic mass is 10.1. The minimum atomic E-state index is -0.494.